The van der Waals surface area contributed by atoms with Crippen LogP contribution < -0.4 is 66.3 Å². The number of anilines is 12. The summed E-state index contributed by atoms with van der Waals surface area (Å²) in [6.07, 6.45) is 2.01. The molecule has 18 N–H and O–H groups in total. The molecule has 0 aliphatic carbocycles. The minimum atomic E-state index is 0.125. The van der Waals surface area contributed by atoms with Gasteiger partial charge in [-0.1, -0.05) is 145 Å². The van der Waals surface area contributed by atoms with Crippen LogP contribution in [-0.2, 0) is 0 Å². The topological polar surface area (TPSA) is 383 Å². The third-order valence-electron chi connectivity index (χ3n) is 13.8. The van der Waals surface area contributed by atoms with Crippen molar-refractivity contribution in [2.45, 2.75) is 215 Å². The molecule has 0 spiro atoms. The van der Waals surface area contributed by atoms with Crippen molar-refractivity contribution in [3.63, 3.8) is 0 Å². The van der Waals surface area contributed by atoms with E-state index in [0.29, 0.717) is 99.8 Å². The molecule has 0 bridgehead atoms. The number of rotatable bonds is 16. The first-order valence-electron chi connectivity index (χ1n) is 30.8. The summed E-state index contributed by atoms with van der Waals surface area (Å²) >= 11 is 34.4. The number of aromatic nitrogens is 12. The predicted molar refractivity (Wildman–Crippen MR) is 398 cm³/mol. The highest BCUT2D eigenvalue weighted by atomic mass is 35.5. The van der Waals surface area contributed by atoms with Gasteiger partial charge in [0.1, 0.15) is 69.8 Å². The number of nitrogens with two attached hydrogens (primary N) is 6. The van der Waals surface area contributed by atoms with E-state index in [-0.39, 0.29) is 76.9 Å². The van der Waals surface area contributed by atoms with Gasteiger partial charge in [0.2, 0.25) is 31.7 Å². The molecule has 6 rings (SSSR count). The van der Waals surface area contributed by atoms with Gasteiger partial charge >= 0.3 is 0 Å². The van der Waals surface area contributed by atoms with Crippen LogP contribution in [0.2, 0.25) is 31.7 Å². The molecule has 0 radical (unpaired) electrons. The quantitative estimate of drug-likeness (QED) is 0.0400. The van der Waals surface area contributed by atoms with Crippen molar-refractivity contribution in [2.24, 2.45) is 38.9 Å². The van der Waals surface area contributed by atoms with Gasteiger partial charge in [-0.05, 0) is 142 Å². The van der Waals surface area contributed by atoms with E-state index in [4.69, 9.17) is 104 Å². The highest BCUT2D eigenvalue weighted by molar-refractivity contribution is 6.29. The van der Waals surface area contributed by atoms with E-state index < -0.39 is 0 Å². The second-order valence-electron chi connectivity index (χ2n) is 28.6. The fraction of sp³-hybridized carbons (Fsp3) is 0.619. The maximum Gasteiger partial charge on any atom is 0.226 e. The van der Waals surface area contributed by atoms with Gasteiger partial charge in [-0.3, -0.25) is 0 Å². The zero-order chi connectivity index (χ0) is 71.9. The van der Waals surface area contributed by atoms with Crippen LogP contribution in [0.1, 0.15) is 179 Å². The van der Waals surface area contributed by atoms with E-state index in [1.165, 1.54) is 0 Å². The second kappa shape index (κ2) is 37.8. The minimum absolute atomic E-state index is 0.125. The van der Waals surface area contributed by atoms with E-state index in [9.17, 15) is 0 Å². The number of nitrogens with one attached hydrogen (secondary N) is 6. The van der Waals surface area contributed by atoms with Gasteiger partial charge in [0, 0.05) is 72.6 Å². The molecule has 0 saturated carbocycles. The predicted octanol–water partition coefficient (Wildman–Crippen LogP) is 16.4. The van der Waals surface area contributed by atoms with Gasteiger partial charge in [0.15, 0.2) is 0 Å². The molecule has 0 saturated heterocycles. The fourth-order valence-electron chi connectivity index (χ4n) is 9.09. The van der Waals surface area contributed by atoms with Crippen LogP contribution in [0, 0.1) is 38.9 Å². The van der Waals surface area contributed by atoms with E-state index in [1.54, 1.807) is 36.4 Å². The van der Waals surface area contributed by atoms with Crippen LogP contribution in [0.4, 0.5) is 69.8 Å². The summed E-state index contributed by atoms with van der Waals surface area (Å²) in [5.41, 5.74) is 34.2. The lowest BCUT2D eigenvalue weighted by Crippen LogP contribution is -2.38. The summed E-state index contributed by atoms with van der Waals surface area (Å²) in [4.78, 5) is 47.3. The summed E-state index contributed by atoms with van der Waals surface area (Å²) in [5, 5.41) is 20.8. The maximum absolute atomic E-state index is 5.79. The lowest BCUT2D eigenvalue weighted by atomic mass is 9.80. The van der Waals surface area contributed by atoms with E-state index >= 15 is 0 Å². The Morgan fingerprint density at radius 1 is 0.301 bits per heavy atom. The number of nitrogens with zero attached hydrogens (tertiary/aromatic N) is 12. The van der Waals surface area contributed by atoms with Crippen molar-refractivity contribution in [1.29, 1.82) is 0 Å². The van der Waals surface area contributed by atoms with Crippen molar-refractivity contribution in [3.8, 4) is 0 Å². The van der Waals surface area contributed by atoms with Crippen molar-refractivity contribution in [1.82, 2.24) is 59.8 Å². The SMILES string of the molecule is CC(C)C(Nc1cc(N)nc(Cl)n1)C(C)(C)C.CC(C)Nc1cc(N)nc(Cl)n1.CC(C)[C@@H](Nc1cc(N)nc(Cl)n1)C(C)(C)C.CCC(Nc1cc(N)nc(Cl)n1)C(C)(C)C.CC[C@@H](Nc1cc(N)nc(Cl)n1)C(C)(C)C.C[C@H](Nc1cc(N)nc(Cl)n1)C(C)(C)C. The zero-order valence-electron chi connectivity index (χ0n) is 59.1. The largest absolute Gasteiger partial charge is 0.383 e. The number of halogens is 6. The Kier molecular flexibility index (Phi) is 34.5. The average molecular weight is 1410 g/mol. The van der Waals surface area contributed by atoms with Crippen molar-refractivity contribution >= 4 is 139 Å². The molecule has 0 aliphatic rings. The molecule has 522 valence electrons. The lowest BCUT2D eigenvalue weighted by molar-refractivity contribution is 0.280. The molecule has 5 atom stereocenters. The van der Waals surface area contributed by atoms with Gasteiger partial charge in [-0.2, -0.15) is 0 Å². The molecule has 6 aromatic heterocycles. The van der Waals surface area contributed by atoms with Crippen LogP contribution in [-0.4, -0.2) is 96.1 Å². The van der Waals surface area contributed by atoms with Crippen molar-refractivity contribution in [3.05, 3.63) is 68.1 Å². The van der Waals surface area contributed by atoms with Gasteiger partial charge in [-0.25, -0.2) is 59.8 Å². The van der Waals surface area contributed by atoms with Crippen LogP contribution in [0.5, 0.6) is 0 Å². The summed E-state index contributed by atoms with van der Waals surface area (Å²) < 4.78 is 0. The maximum atomic E-state index is 5.79. The minimum Gasteiger partial charge on any atom is -0.383 e. The molecule has 0 fully saturated rings. The summed E-state index contributed by atoms with van der Waals surface area (Å²) in [6, 6.07) is 11.9. The molecule has 6 aromatic rings. The molecular formula is C63H108Cl6N24. The molecule has 24 nitrogen and oxygen atoms in total. The molecule has 30 heteroatoms. The molecule has 0 aromatic carbocycles. The van der Waals surface area contributed by atoms with Crippen LogP contribution in [0.15, 0.2) is 36.4 Å². The van der Waals surface area contributed by atoms with E-state index in [0.717, 1.165) is 12.8 Å². The van der Waals surface area contributed by atoms with E-state index in [1.807, 2.05) is 13.8 Å². The highest BCUT2D eigenvalue weighted by Gasteiger charge is 2.30. The molecule has 93 heavy (non-hydrogen) atoms. The summed E-state index contributed by atoms with van der Waals surface area (Å²) in [6.45, 7) is 51.8. The number of hydrogen-bond acceptors (Lipinski definition) is 24. The normalized spacial score (nSPS) is 13.3. The molecule has 0 amide bonds. The molecular weight excluding hydrogens is 1310 g/mol. The Morgan fingerprint density at radius 2 is 0.505 bits per heavy atom. The third kappa shape index (κ3) is 34.7. The molecule has 2 unspecified atom stereocenters. The first-order chi connectivity index (χ1) is 42.4. The van der Waals surface area contributed by atoms with Crippen LogP contribution >= 0.6 is 69.6 Å². The Hall–Kier alpha value is -6.18. The Labute approximate surface area is 584 Å². The zero-order valence-corrected chi connectivity index (χ0v) is 63.6. The number of nitrogen functional groups attached to an aromatic ring is 6. The summed E-state index contributed by atoms with van der Waals surface area (Å²) in [7, 11) is 0. The van der Waals surface area contributed by atoms with Crippen molar-refractivity contribution in [2.75, 3.05) is 66.3 Å². The monoisotopic (exact) mass is 1410 g/mol. The molecule has 0 aliphatic heterocycles. The number of hydrogen-bond donors (Lipinski definition) is 12. The standard InChI is InChI=1S/2C12H21ClN4.2C11H19ClN4.C10H17ClN4.C7H11ClN4/c2*1-7(2)10(12(3,4)5)16-9-6-8(14)15-11(13)17-9;2*1-5-7(11(2,3)4)14-9-6-8(13)15-10(12)16-9;1-6(10(2,3)4)13-8-5-7(12)14-9(11)15-8;1-4(2)10-6-3-5(9)11-7(8)12-6/h2*6-7,10H,1-5H3,(H3,14,15,16,17);2*6-7H,5H2,1-4H3,(H3,13,14,15,16);5-6H,1-4H3,(H3,12,13,14,15);3-4H,1-2H3,(H3,9,10,11,12)/t10-;;7-;;6-;/m1.1.0./s1. The van der Waals surface area contributed by atoms with E-state index in [2.05, 4.69) is 244 Å². The summed E-state index contributed by atoms with van der Waals surface area (Å²) in [5.74, 6) is 7.25. The van der Waals surface area contributed by atoms with Gasteiger partial charge in [-0.15, -0.1) is 0 Å². The lowest BCUT2D eigenvalue weighted by Gasteiger charge is -2.35. The fourth-order valence-corrected chi connectivity index (χ4v) is 10.2. The second-order valence-corrected chi connectivity index (χ2v) is 30.6. The first kappa shape index (κ1) is 84.8. The Morgan fingerprint density at radius 3 is 0.667 bits per heavy atom. The average Bonchev–Trinajstić information content (AvgIpc) is 0.943. The van der Waals surface area contributed by atoms with Crippen LogP contribution in [0.25, 0.3) is 0 Å². The van der Waals surface area contributed by atoms with Crippen LogP contribution in [0.3, 0.4) is 0 Å². The highest BCUT2D eigenvalue weighted by Crippen LogP contribution is 2.32. The first-order valence-corrected chi connectivity index (χ1v) is 33.1. The molecule has 6 heterocycles. The van der Waals surface area contributed by atoms with Gasteiger partial charge in [0.05, 0.1) is 0 Å². The van der Waals surface area contributed by atoms with Gasteiger partial charge < -0.3 is 66.3 Å². The van der Waals surface area contributed by atoms with Gasteiger partial charge in [0.25, 0.3) is 0 Å². The van der Waals surface area contributed by atoms with Crippen molar-refractivity contribution < 1.29 is 0 Å². The Bertz CT molecular complexity index is 2930. The third-order valence-corrected chi connectivity index (χ3v) is 14.8. The Balaban J connectivity index is 0.000000560. The smallest absolute Gasteiger partial charge is 0.226 e.